The molecule has 0 saturated heterocycles. The second-order valence-electron chi connectivity index (χ2n) is 8.73. The van der Waals surface area contributed by atoms with Crippen LogP contribution in [0.1, 0.15) is 45.4 Å². The zero-order chi connectivity index (χ0) is 16.6. The molecule has 5 unspecified atom stereocenters. The van der Waals surface area contributed by atoms with Gasteiger partial charge in [-0.2, -0.15) is 0 Å². The van der Waals surface area contributed by atoms with Crippen molar-refractivity contribution in [3.05, 3.63) is 54.6 Å². The van der Waals surface area contributed by atoms with Gasteiger partial charge in [-0.25, -0.2) is 0 Å². The Morgan fingerprint density at radius 2 is 1.62 bits per heavy atom. The van der Waals surface area contributed by atoms with E-state index >= 15 is 0 Å². The third kappa shape index (κ3) is 2.65. The van der Waals surface area contributed by atoms with Gasteiger partial charge in [0.2, 0.25) is 0 Å². The van der Waals surface area contributed by atoms with Gasteiger partial charge >= 0.3 is 0 Å². The Morgan fingerprint density at radius 3 is 2.38 bits per heavy atom. The van der Waals surface area contributed by atoms with Crippen molar-refractivity contribution in [2.45, 2.75) is 63.1 Å². The zero-order valence-electron chi connectivity index (χ0n) is 15.3. The first kappa shape index (κ1) is 16.4. The van der Waals surface area contributed by atoms with Crippen LogP contribution >= 0.6 is 0 Å². The molecule has 1 heteroatoms. The highest BCUT2D eigenvalue weighted by atomic mass is 28.3. The predicted molar refractivity (Wildman–Crippen MR) is 107 cm³/mol. The lowest BCUT2D eigenvalue weighted by Crippen LogP contribution is -2.55. The van der Waals surface area contributed by atoms with Gasteiger partial charge in [0.25, 0.3) is 0 Å². The molecule has 1 aromatic carbocycles. The van der Waals surface area contributed by atoms with Crippen LogP contribution in [-0.4, -0.2) is 8.07 Å². The maximum atomic E-state index is 2.76. The van der Waals surface area contributed by atoms with Crippen LogP contribution < -0.4 is 5.19 Å². The summed E-state index contributed by atoms with van der Waals surface area (Å²) in [5.74, 6) is 2.46. The van der Waals surface area contributed by atoms with E-state index in [9.17, 15) is 0 Å². The van der Waals surface area contributed by atoms with Gasteiger partial charge in [-0.3, -0.25) is 0 Å². The van der Waals surface area contributed by atoms with Gasteiger partial charge < -0.3 is 0 Å². The maximum Gasteiger partial charge on any atom is 0.0906 e. The summed E-state index contributed by atoms with van der Waals surface area (Å²) in [6, 6.07) is 11.7. The van der Waals surface area contributed by atoms with Gasteiger partial charge in [0.1, 0.15) is 0 Å². The molecule has 0 aliphatic heterocycles. The molecule has 0 heterocycles. The van der Waals surface area contributed by atoms with Crippen molar-refractivity contribution in [3.63, 3.8) is 0 Å². The molecule has 3 aliphatic rings. The number of rotatable bonds is 3. The molecule has 24 heavy (non-hydrogen) atoms. The normalized spacial score (nSPS) is 35.6. The second-order valence-corrected chi connectivity index (χ2v) is 13.4. The Bertz CT molecular complexity index is 610. The Balaban J connectivity index is 1.77. The van der Waals surface area contributed by atoms with E-state index in [1.54, 1.807) is 5.19 Å². The summed E-state index contributed by atoms with van der Waals surface area (Å²) < 4.78 is 0. The van der Waals surface area contributed by atoms with Gasteiger partial charge in [-0.05, 0) is 35.3 Å². The molecule has 0 radical (unpaired) electrons. The van der Waals surface area contributed by atoms with E-state index < -0.39 is 8.07 Å². The van der Waals surface area contributed by atoms with Crippen LogP contribution in [0.3, 0.4) is 0 Å². The van der Waals surface area contributed by atoms with Gasteiger partial charge in [-0.15, -0.1) is 0 Å². The fourth-order valence-corrected chi connectivity index (χ4v) is 12.8. The lowest BCUT2D eigenvalue weighted by Gasteiger charge is -2.47. The van der Waals surface area contributed by atoms with E-state index in [4.69, 9.17) is 0 Å². The Labute approximate surface area is 149 Å². The van der Waals surface area contributed by atoms with Crippen molar-refractivity contribution < 1.29 is 0 Å². The number of allylic oxidation sites excluding steroid dienone is 4. The Kier molecular flexibility index (Phi) is 4.55. The Hall–Kier alpha value is -1.08. The van der Waals surface area contributed by atoms with Gasteiger partial charge in [0.15, 0.2) is 0 Å². The zero-order valence-corrected chi connectivity index (χ0v) is 16.3. The van der Waals surface area contributed by atoms with Crippen molar-refractivity contribution in [2.24, 2.45) is 17.8 Å². The number of fused-ring (bicyclic) bond motifs is 1. The topological polar surface area (TPSA) is 0 Å². The molecule has 0 amide bonds. The summed E-state index contributed by atoms with van der Waals surface area (Å²) >= 11 is 0. The first-order chi connectivity index (χ1) is 11.7. The van der Waals surface area contributed by atoms with E-state index in [2.05, 4.69) is 68.1 Å². The maximum absolute atomic E-state index is 2.76. The van der Waals surface area contributed by atoms with Crippen molar-refractivity contribution in [1.29, 1.82) is 0 Å². The van der Waals surface area contributed by atoms with E-state index in [1.807, 2.05) is 0 Å². The molecule has 0 spiro atoms. The van der Waals surface area contributed by atoms with Gasteiger partial charge in [-0.1, -0.05) is 105 Å². The predicted octanol–water partition coefficient (Wildman–Crippen LogP) is 6.07. The minimum Gasteiger partial charge on any atom is -0.0808 e. The summed E-state index contributed by atoms with van der Waals surface area (Å²) in [5.41, 5.74) is 1.90. The van der Waals surface area contributed by atoms with Crippen LogP contribution in [0.25, 0.3) is 0 Å². The first-order valence-electron chi connectivity index (χ1n) is 10.1. The second kappa shape index (κ2) is 6.67. The molecule has 0 nitrogen and oxygen atoms in total. The van der Waals surface area contributed by atoms with E-state index in [1.165, 1.54) is 38.5 Å². The smallest absolute Gasteiger partial charge is 0.0808 e. The van der Waals surface area contributed by atoms with Crippen molar-refractivity contribution >= 4 is 13.3 Å². The molecule has 0 N–H and O–H groups in total. The summed E-state index contributed by atoms with van der Waals surface area (Å²) in [7, 11) is -1.55. The van der Waals surface area contributed by atoms with E-state index in [0.29, 0.717) is 0 Å². The molecule has 2 saturated carbocycles. The number of benzene rings is 1. The van der Waals surface area contributed by atoms with Crippen LogP contribution in [0.4, 0.5) is 0 Å². The summed E-state index contributed by atoms with van der Waals surface area (Å²) in [6.45, 7) is 5.32. The SMILES string of the molecule is CC1CC2C=CC=CC2C1[Si](C)(c1ccccc1)C1CCCCC1. The number of hydrogen-bond donors (Lipinski definition) is 0. The fourth-order valence-electron chi connectivity index (χ4n) is 6.44. The minimum atomic E-state index is -1.55. The van der Waals surface area contributed by atoms with Crippen LogP contribution in [0.2, 0.25) is 17.6 Å². The van der Waals surface area contributed by atoms with E-state index in [0.717, 1.165) is 28.8 Å². The average Bonchev–Trinajstić information content (AvgIpc) is 2.99. The molecule has 4 rings (SSSR count). The van der Waals surface area contributed by atoms with Gasteiger partial charge in [0.05, 0.1) is 8.07 Å². The van der Waals surface area contributed by atoms with Crippen molar-refractivity contribution in [2.75, 3.05) is 0 Å². The highest BCUT2D eigenvalue weighted by Gasteiger charge is 2.53. The van der Waals surface area contributed by atoms with Crippen LogP contribution in [-0.2, 0) is 0 Å². The van der Waals surface area contributed by atoms with Crippen LogP contribution in [0.5, 0.6) is 0 Å². The molecule has 0 bridgehead atoms. The average molecular weight is 337 g/mol. The largest absolute Gasteiger partial charge is 0.0906 e. The number of hydrogen-bond acceptors (Lipinski definition) is 0. The van der Waals surface area contributed by atoms with Crippen LogP contribution in [0.15, 0.2) is 54.6 Å². The van der Waals surface area contributed by atoms with Crippen molar-refractivity contribution in [1.82, 2.24) is 0 Å². The molecule has 128 valence electrons. The summed E-state index contributed by atoms with van der Waals surface area (Å²) in [5, 5.41) is 1.73. The van der Waals surface area contributed by atoms with Crippen molar-refractivity contribution in [3.8, 4) is 0 Å². The van der Waals surface area contributed by atoms with Crippen LogP contribution in [0, 0.1) is 17.8 Å². The minimum absolute atomic E-state index is 0.795. The highest BCUT2D eigenvalue weighted by Crippen LogP contribution is 2.57. The highest BCUT2D eigenvalue weighted by molar-refractivity contribution is 6.93. The fraction of sp³-hybridized carbons (Fsp3) is 0.565. The third-order valence-corrected chi connectivity index (χ3v) is 13.7. The summed E-state index contributed by atoms with van der Waals surface area (Å²) in [6.07, 6.45) is 18.4. The lowest BCUT2D eigenvalue weighted by atomic mass is 9.92. The van der Waals surface area contributed by atoms with E-state index in [-0.39, 0.29) is 0 Å². The Morgan fingerprint density at radius 1 is 0.917 bits per heavy atom. The molecule has 2 fully saturated rings. The standard InChI is InChI=1S/C23H32Si/c1-18-17-19-11-9-10-16-22(19)23(18)24(2,20-12-5-3-6-13-20)21-14-7-4-8-15-21/h3,5-6,9-13,16,18-19,21-23H,4,7-8,14-15,17H2,1-2H3. The molecule has 0 aromatic heterocycles. The lowest BCUT2D eigenvalue weighted by molar-refractivity contribution is 0.469. The van der Waals surface area contributed by atoms with Gasteiger partial charge in [0, 0.05) is 0 Å². The quantitative estimate of drug-likeness (QED) is 0.587. The first-order valence-corrected chi connectivity index (χ1v) is 12.8. The summed E-state index contributed by atoms with van der Waals surface area (Å²) in [4.78, 5) is 0. The molecular weight excluding hydrogens is 304 g/mol. The third-order valence-electron chi connectivity index (χ3n) is 7.51. The molecule has 5 atom stereocenters. The molecular formula is C23H32Si. The molecule has 3 aliphatic carbocycles. The monoisotopic (exact) mass is 336 g/mol. The molecule has 1 aromatic rings.